The van der Waals surface area contributed by atoms with Crippen LogP contribution in [-0.2, 0) is 29.8 Å². The summed E-state index contributed by atoms with van der Waals surface area (Å²) in [6, 6.07) is 90.5. The highest BCUT2D eigenvalue weighted by Crippen LogP contribution is 2.44. The number of anilines is 4. The molecule has 9 N–H and O–H groups in total. The largest absolute Gasteiger partial charge is 0.497 e. The van der Waals surface area contributed by atoms with E-state index in [1.807, 2.05) is 296 Å². The molecule has 25 nitrogen and oxygen atoms in total. The van der Waals surface area contributed by atoms with E-state index in [9.17, 15) is 24.9 Å². The van der Waals surface area contributed by atoms with Gasteiger partial charge in [-0.25, -0.2) is 59.4 Å². The summed E-state index contributed by atoms with van der Waals surface area (Å²) in [5, 5.41) is 35.7. The number of rotatable bonds is 22. The van der Waals surface area contributed by atoms with E-state index in [0.29, 0.717) is 93.5 Å². The van der Waals surface area contributed by atoms with Crippen molar-refractivity contribution in [2.75, 3.05) is 36.3 Å². The number of carbonyl (C=O) groups excluding carboxylic acids is 2. The van der Waals surface area contributed by atoms with Gasteiger partial charge in [0, 0.05) is 98.3 Å². The van der Waals surface area contributed by atoms with Crippen molar-refractivity contribution in [2.24, 2.45) is 0 Å². The number of ether oxygens (including phenoxy) is 6. The molecule has 0 spiro atoms. The lowest BCUT2D eigenvalue weighted by molar-refractivity contribution is 0.0682. The third-order valence-corrected chi connectivity index (χ3v) is 23.7. The van der Waals surface area contributed by atoms with Crippen molar-refractivity contribution in [1.29, 1.82) is 0 Å². The van der Waals surface area contributed by atoms with Crippen LogP contribution in [0.25, 0.3) is 90.1 Å². The van der Waals surface area contributed by atoms with Crippen LogP contribution in [0.5, 0.6) is 34.8 Å². The fourth-order valence-electron chi connectivity index (χ4n) is 15.5. The summed E-state index contributed by atoms with van der Waals surface area (Å²) in [7, 11) is 3.29. The van der Waals surface area contributed by atoms with Gasteiger partial charge in [0.1, 0.15) is 47.4 Å². The third kappa shape index (κ3) is 27.0. The molecule has 2 amide bonds. The van der Waals surface area contributed by atoms with Crippen LogP contribution >= 0.6 is 15.9 Å². The van der Waals surface area contributed by atoms with E-state index in [4.69, 9.17) is 59.8 Å². The lowest BCUT2D eigenvalue weighted by Crippen LogP contribution is -2.26. The van der Waals surface area contributed by atoms with Crippen LogP contribution in [0, 0.1) is 41.5 Å². The highest BCUT2D eigenvalue weighted by atomic mass is 79.9. The van der Waals surface area contributed by atoms with Crippen LogP contribution in [0.2, 0.25) is 0 Å². The van der Waals surface area contributed by atoms with E-state index in [1.54, 1.807) is 103 Å². The Balaban J connectivity index is 0.000000145. The lowest BCUT2D eigenvalue weighted by Gasteiger charge is -2.35. The number of aliphatic hydroxyl groups is 3. The van der Waals surface area contributed by atoms with Gasteiger partial charge in [0.05, 0.1) is 88.6 Å². The number of nitrogens with two attached hydrogens (primary N) is 2. The molecule has 720 valence electrons. The fraction of sp³-hybridized carbons (Fsp3) is 0.190. The summed E-state index contributed by atoms with van der Waals surface area (Å²) in [4.78, 5) is 70.9. The van der Waals surface area contributed by atoms with Gasteiger partial charge in [0.25, 0.3) is 0 Å². The number of aromatic nitrogens is 10. The first-order valence-electron chi connectivity index (χ1n) is 46.1. The van der Waals surface area contributed by atoms with Crippen LogP contribution in [0.1, 0.15) is 128 Å². The Morgan fingerprint density at radius 3 is 1.05 bits per heavy atom. The molecular weight excluding hydrogens is 1850 g/mol. The van der Waals surface area contributed by atoms with Crippen molar-refractivity contribution in [3.63, 3.8) is 0 Å². The number of carbonyl (C=O) groups is 2. The molecule has 142 heavy (non-hydrogen) atoms. The second-order valence-corrected chi connectivity index (χ2v) is 36.7. The Morgan fingerprint density at radius 2 is 0.711 bits per heavy atom. The molecular formula is C116H113BrN14O11. The molecule has 9 aromatic carbocycles. The SMILES string of the molecule is CC1(C)CCC(O)c2ccc(Br)cc21.COc1ccc(COc2ccc(-c3nc(-c4ccccc4)c(N)cc3C)cn2)cc1.COc1ccc(COc2ccc(-c3nc(-c4ccccc4)c(NC(=O)Oc4ccc(C)cc4)cc3C)cn2)cc1.Cc1cc(N)c(-c2ccccc2)nc1-c1cnc(C(C)(C)O)nc1.Cc1ccc(OC(=O)Nc2cc(C)c(-c3cnc(C(C)(C)O)nc3)nc2-c2ccccc2)cc1. The van der Waals surface area contributed by atoms with Crippen LogP contribution < -0.4 is 50.5 Å². The minimum absolute atomic E-state index is 0.193. The van der Waals surface area contributed by atoms with Crippen molar-refractivity contribution in [2.45, 2.75) is 132 Å². The zero-order valence-corrected chi connectivity index (χ0v) is 83.2. The number of aryl methyl sites for hydroxylation is 6. The summed E-state index contributed by atoms with van der Waals surface area (Å²) >= 11 is 3.48. The quantitative estimate of drug-likeness (QED) is 0.0331. The molecule has 1 aliphatic carbocycles. The maximum absolute atomic E-state index is 12.8. The van der Waals surface area contributed by atoms with E-state index in [0.717, 1.165) is 146 Å². The standard InChI is InChI=1S/C33H29N3O4.C27H26N4O3.C25H23N3O2.C19H20N4O.C12H15BrO/c1-22-9-14-28(15-10-22)40-33(37)35-29-19-23(2)31(36-32(29)25-7-5-4-6-8-25)26-13-18-30(34-20-26)39-21-24-11-16-27(38-3)17-12-24;1-17-10-12-21(13-11-17)34-26(32)30-22-14-18(2)23(31-24(22)19-8-6-5-7-9-19)20-15-28-25(29-16-20)27(3,4)33;1-17-14-22(26)25(19-6-4-3-5-7-19)28-24(17)20-10-13-23(27-15-20)30-16-18-8-11-21(29-2)12-9-18;1-12-9-15(20)17(13-7-5-4-6-8-13)23-16(12)14-10-21-18(22-11-14)19(2,3)24;1-12(2)6-5-11(14)9-4-3-8(13)7-10(9)12/h4-20H,21H2,1-3H3,(H,35,37);5-16,33H,1-4H3,(H,30,32);3-15H,16,26H2,1-2H3;4-11,24H,20H2,1-3H3;3-4,7,11,14H,5-6H2,1-2H3. The molecule has 8 aromatic heterocycles. The first-order valence-corrected chi connectivity index (χ1v) is 46.9. The van der Waals surface area contributed by atoms with Crippen LogP contribution in [-0.4, -0.2) is 91.6 Å². The van der Waals surface area contributed by atoms with Crippen LogP contribution in [0.4, 0.5) is 32.3 Å². The highest BCUT2D eigenvalue weighted by Gasteiger charge is 2.32. The smallest absolute Gasteiger partial charge is 0.417 e. The molecule has 0 bridgehead atoms. The third-order valence-electron chi connectivity index (χ3n) is 23.2. The monoisotopic (exact) mass is 1960 g/mol. The van der Waals surface area contributed by atoms with Crippen molar-refractivity contribution in [3.05, 3.63) is 394 Å². The van der Waals surface area contributed by atoms with Crippen molar-refractivity contribution < 1.29 is 53.3 Å². The number of hydrogen-bond acceptors (Lipinski definition) is 23. The fourth-order valence-corrected chi connectivity index (χ4v) is 15.9. The summed E-state index contributed by atoms with van der Waals surface area (Å²) in [6.07, 6.45) is 10.6. The highest BCUT2D eigenvalue weighted by molar-refractivity contribution is 9.10. The Labute approximate surface area is 835 Å². The number of halogens is 1. The van der Waals surface area contributed by atoms with Crippen LogP contribution in [0.3, 0.4) is 0 Å². The lowest BCUT2D eigenvalue weighted by atomic mass is 9.72. The number of methoxy groups -OCH3 is 2. The van der Waals surface area contributed by atoms with Gasteiger partial charge in [0.2, 0.25) is 11.8 Å². The van der Waals surface area contributed by atoms with Gasteiger partial charge in [-0.05, 0) is 229 Å². The number of nitrogens with zero attached hydrogens (tertiary/aromatic N) is 10. The predicted octanol–water partition coefficient (Wildman–Crippen LogP) is 25.5. The number of aliphatic hydroxyl groups excluding tert-OH is 1. The molecule has 0 radical (unpaired) electrons. The zero-order chi connectivity index (χ0) is 101. The normalized spacial score (nSPS) is 12.3. The summed E-state index contributed by atoms with van der Waals surface area (Å²) < 4.78 is 34.1. The Hall–Kier alpha value is -16.3. The zero-order valence-electron chi connectivity index (χ0n) is 81.6. The molecule has 8 heterocycles. The summed E-state index contributed by atoms with van der Waals surface area (Å²) in [5.74, 6) is 4.32. The minimum atomic E-state index is -1.14. The van der Waals surface area contributed by atoms with Crippen molar-refractivity contribution in [3.8, 4) is 125 Å². The second kappa shape index (κ2) is 46.5. The van der Waals surface area contributed by atoms with E-state index in [1.165, 1.54) is 5.56 Å². The van der Waals surface area contributed by atoms with Gasteiger partial charge >= 0.3 is 12.2 Å². The average Bonchev–Trinajstić information content (AvgIpc) is 0.786. The van der Waals surface area contributed by atoms with E-state index in [2.05, 4.69) is 76.4 Å². The van der Waals surface area contributed by atoms with E-state index < -0.39 is 23.4 Å². The number of pyridine rings is 6. The number of benzene rings is 9. The Kier molecular flexibility index (Phi) is 33.3. The number of hydrogen-bond donors (Lipinski definition) is 7. The Morgan fingerprint density at radius 1 is 0.387 bits per heavy atom. The molecule has 1 atom stereocenters. The van der Waals surface area contributed by atoms with Gasteiger partial charge < -0.3 is 55.2 Å². The minimum Gasteiger partial charge on any atom is -0.497 e. The predicted molar refractivity (Wildman–Crippen MR) is 563 cm³/mol. The van der Waals surface area contributed by atoms with Crippen molar-refractivity contribution in [1.82, 2.24) is 49.8 Å². The Bertz CT molecular complexity index is 7140. The summed E-state index contributed by atoms with van der Waals surface area (Å²) in [6.45, 7) is 23.6. The molecule has 26 heteroatoms. The maximum Gasteiger partial charge on any atom is 0.417 e. The average molecular weight is 1960 g/mol. The molecule has 0 fully saturated rings. The first kappa shape index (κ1) is 102. The number of fused-ring (bicyclic) bond motifs is 1. The molecule has 0 aliphatic heterocycles. The first-order chi connectivity index (χ1) is 68.2. The van der Waals surface area contributed by atoms with E-state index >= 15 is 0 Å². The van der Waals surface area contributed by atoms with Gasteiger partial charge in [-0.2, -0.15) is 0 Å². The molecule has 18 rings (SSSR count). The molecule has 1 aliphatic rings. The maximum atomic E-state index is 12.8. The van der Waals surface area contributed by atoms with E-state index in [-0.39, 0.29) is 11.5 Å². The number of nitrogens with one attached hydrogen (secondary N) is 2. The van der Waals surface area contributed by atoms with Gasteiger partial charge in [-0.15, -0.1) is 0 Å². The summed E-state index contributed by atoms with van der Waals surface area (Å²) in [5.41, 5.74) is 35.7. The molecule has 0 saturated heterocycles. The number of nitrogen functional groups attached to an aromatic ring is 2. The van der Waals surface area contributed by atoms with Gasteiger partial charge in [-0.1, -0.05) is 217 Å². The molecule has 17 aromatic rings. The van der Waals surface area contributed by atoms with Gasteiger partial charge in [-0.3, -0.25) is 10.6 Å². The second-order valence-electron chi connectivity index (χ2n) is 35.8. The van der Waals surface area contributed by atoms with Gasteiger partial charge in [0.15, 0.2) is 11.6 Å². The van der Waals surface area contributed by atoms with Crippen LogP contribution in [0.15, 0.2) is 327 Å². The molecule has 1 unspecified atom stereocenters. The van der Waals surface area contributed by atoms with Crippen molar-refractivity contribution >= 4 is 50.9 Å². The topological polar surface area (TPSA) is 355 Å². The number of amides is 2. The molecule has 0 saturated carbocycles.